The van der Waals surface area contributed by atoms with Crippen molar-refractivity contribution in [3.63, 3.8) is 0 Å². The molecule has 21 heavy (non-hydrogen) atoms. The van der Waals surface area contributed by atoms with Crippen LogP contribution in [0.15, 0.2) is 40.5 Å². The summed E-state index contributed by atoms with van der Waals surface area (Å²) in [6.45, 7) is 3.95. The Morgan fingerprint density at radius 1 is 1.29 bits per heavy atom. The first-order valence-electron chi connectivity index (χ1n) is 6.33. The summed E-state index contributed by atoms with van der Waals surface area (Å²) < 4.78 is 13.6. The van der Waals surface area contributed by atoms with E-state index in [4.69, 9.17) is 10.9 Å². The lowest BCUT2D eigenvalue weighted by molar-refractivity contribution is 0.318. The molecule has 1 heterocycles. The molecule has 6 heteroatoms. The van der Waals surface area contributed by atoms with Crippen molar-refractivity contribution in [2.24, 2.45) is 10.9 Å². The number of nitrogens with two attached hydrogens (primary N) is 1. The second kappa shape index (κ2) is 6.58. The molecule has 0 amide bonds. The molecular weight excluding hydrogens is 289 g/mol. The maximum absolute atomic E-state index is 13.6. The molecule has 4 nitrogen and oxygen atoms in total. The molecule has 0 fully saturated rings. The van der Waals surface area contributed by atoms with E-state index < -0.39 is 5.82 Å². The molecule has 1 aromatic heterocycles. The molecule has 0 atom stereocenters. The van der Waals surface area contributed by atoms with E-state index in [0.717, 1.165) is 21.8 Å². The normalized spacial score (nSPS) is 11.7. The third kappa shape index (κ3) is 4.19. The van der Waals surface area contributed by atoms with Crippen LogP contribution >= 0.6 is 11.8 Å². The topological polar surface area (TPSA) is 71.5 Å². The maximum atomic E-state index is 13.6. The molecule has 3 N–H and O–H groups in total. The van der Waals surface area contributed by atoms with Crippen LogP contribution in [0.4, 0.5) is 4.39 Å². The van der Waals surface area contributed by atoms with Crippen molar-refractivity contribution >= 4 is 17.6 Å². The average Bonchev–Trinajstić information content (AvgIpc) is 2.42. The molecule has 0 aliphatic carbocycles. The minimum atomic E-state index is -0.414. The zero-order valence-corrected chi connectivity index (χ0v) is 12.6. The van der Waals surface area contributed by atoms with Gasteiger partial charge in [-0.2, -0.15) is 0 Å². The molecule has 0 spiro atoms. The van der Waals surface area contributed by atoms with Crippen LogP contribution in [0.3, 0.4) is 0 Å². The van der Waals surface area contributed by atoms with E-state index in [1.165, 1.54) is 23.9 Å². The molecule has 0 aliphatic rings. The van der Waals surface area contributed by atoms with Crippen molar-refractivity contribution in [3.05, 3.63) is 58.5 Å². The molecule has 110 valence electrons. The van der Waals surface area contributed by atoms with Gasteiger partial charge < -0.3 is 10.9 Å². The molecule has 0 saturated heterocycles. The monoisotopic (exact) mass is 305 g/mol. The Morgan fingerprint density at radius 3 is 2.71 bits per heavy atom. The van der Waals surface area contributed by atoms with E-state index in [1.54, 1.807) is 6.07 Å². The van der Waals surface area contributed by atoms with Gasteiger partial charge in [0.2, 0.25) is 0 Å². The fourth-order valence-electron chi connectivity index (χ4n) is 1.97. The van der Waals surface area contributed by atoms with Crippen LogP contribution in [-0.2, 0) is 5.75 Å². The number of aromatic nitrogens is 1. The minimum Gasteiger partial charge on any atom is -0.409 e. The van der Waals surface area contributed by atoms with Crippen LogP contribution in [0.1, 0.15) is 22.4 Å². The van der Waals surface area contributed by atoms with Gasteiger partial charge >= 0.3 is 0 Å². The highest BCUT2D eigenvalue weighted by molar-refractivity contribution is 7.98. The van der Waals surface area contributed by atoms with Gasteiger partial charge in [0.05, 0.1) is 5.03 Å². The zero-order valence-electron chi connectivity index (χ0n) is 11.8. The van der Waals surface area contributed by atoms with Crippen LogP contribution in [0.25, 0.3) is 0 Å². The first kappa shape index (κ1) is 15.3. The van der Waals surface area contributed by atoms with Crippen molar-refractivity contribution in [2.75, 3.05) is 0 Å². The number of nitrogens with zero attached hydrogens (tertiary/aromatic N) is 2. The number of halogens is 1. The van der Waals surface area contributed by atoms with Crippen molar-refractivity contribution < 1.29 is 9.60 Å². The van der Waals surface area contributed by atoms with Crippen molar-refractivity contribution in [1.29, 1.82) is 0 Å². The zero-order chi connectivity index (χ0) is 15.4. The van der Waals surface area contributed by atoms with Crippen molar-refractivity contribution in [1.82, 2.24) is 4.98 Å². The van der Waals surface area contributed by atoms with Gasteiger partial charge in [-0.1, -0.05) is 5.16 Å². The van der Waals surface area contributed by atoms with Crippen LogP contribution in [0.5, 0.6) is 0 Å². The number of benzene rings is 1. The number of amidine groups is 1. The van der Waals surface area contributed by atoms with E-state index in [-0.39, 0.29) is 5.84 Å². The minimum absolute atomic E-state index is 0.106. The van der Waals surface area contributed by atoms with Gasteiger partial charge in [0, 0.05) is 17.0 Å². The Morgan fingerprint density at radius 2 is 2.05 bits per heavy atom. The number of rotatable bonds is 4. The second-order valence-corrected chi connectivity index (χ2v) is 5.74. The van der Waals surface area contributed by atoms with E-state index >= 15 is 0 Å². The van der Waals surface area contributed by atoms with Crippen molar-refractivity contribution in [2.45, 2.75) is 24.6 Å². The van der Waals surface area contributed by atoms with Crippen LogP contribution in [-0.4, -0.2) is 16.0 Å². The van der Waals surface area contributed by atoms with E-state index in [9.17, 15) is 4.39 Å². The highest BCUT2D eigenvalue weighted by Crippen LogP contribution is 2.23. The van der Waals surface area contributed by atoms with E-state index in [2.05, 4.69) is 10.1 Å². The summed E-state index contributed by atoms with van der Waals surface area (Å²) in [6.07, 6.45) is 0. The molecule has 0 saturated carbocycles. The summed E-state index contributed by atoms with van der Waals surface area (Å²) in [5.74, 6) is 0.0349. The molecule has 0 radical (unpaired) electrons. The number of pyridine rings is 1. The molecule has 2 rings (SSSR count). The molecule has 2 aromatic rings. The quantitative estimate of drug-likeness (QED) is 0.299. The van der Waals surface area contributed by atoms with Crippen LogP contribution in [0, 0.1) is 19.7 Å². The highest BCUT2D eigenvalue weighted by Gasteiger charge is 2.06. The molecular formula is C15H16FN3OS. The number of hydrogen-bond donors (Lipinski definition) is 2. The summed E-state index contributed by atoms with van der Waals surface area (Å²) in [5, 5.41) is 12.4. The number of aryl methyl sites for hydroxylation is 2. The van der Waals surface area contributed by atoms with E-state index in [0.29, 0.717) is 11.3 Å². The summed E-state index contributed by atoms with van der Waals surface area (Å²) in [5.41, 5.74) is 8.70. The Labute approximate surface area is 126 Å². The SMILES string of the molecule is Cc1cc(C)nc(SCc2cc(F)cc(/C(N)=N/O)c2)c1. The third-order valence-electron chi connectivity index (χ3n) is 2.82. The van der Waals surface area contributed by atoms with Gasteiger partial charge in [0.25, 0.3) is 0 Å². The lowest BCUT2D eigenvalue weighted by Gasteiger charge is -2.06. The summed E-state index contributed by atoms with van der Waals surface area (Å²) >= 11 is 1.52. The summed E-state index contributed by atoms with van der Waals surface area (Å²) in [4.78, 5) is 4.43. The van der Waals surface area contributed by atoms with Crippen molar-refractivity contribution in [3.8, 4) is 0 Å². The van der Waals surface area contributed by atoms with Gasteiger partial charge in [0.1, 0.15) is 5.82 Å². The van der Waals surface area contributed by atoms with Crippen LogP contribution < -0.4 is 5.73 Å². The predicted octanol–water partition coefficient (Wildman–Crippen LogP) is 3.22. The number of thioether (sulfide) groups is 1. The summed E-state index contributed by atoms with van der Waals surface area (Å²) in [7, 11) is 0. The molecule has 0 bridgehead atoms. The molecule has 0 aliphatic heterocycles. The lowest BCUT2D eigenvalue weighted by Crippen LogP contribution is -2.13. The van der Waals surface area contributed by atoms with Gasteiger partial charge in [-0.15, -0.1) is 11.8 Å². The number of hydrogen-bond acceptors (Lipinski definition) is 4. The lowest BCUT2D eigenvalue weighted by atomic mass is 10.1. The fourth-order valence-corrected chi connectivity index (χ4v) is 2.93. The predicted molar refractivity (Wildman–Crippen MR) is 82.2 cm³/mol. The van der Waals surface area contributed by atoms with Crippen LogP contribution in [0.2, 0.25) is 0 Å². The smallest absolute Gasteiger partial charge is 0.170 e. The first-order chi connectivity index (χ1) is 9.97. The van der Waals surface area contributed by atoms with Gasteiger partial charge in [-0.3, -0.25) is 0 Å². The highest BCUT2D eigenvalue weighted by atomic mass is 32.2. The van der Waals surface area contributed by atoms with Gasteiger partial charge in [-0.25, -0.2) is 9.37 Å². The summed E-state index contributed by atoms with van der Waals surface area (Å²) in [6, 6.07) is 8.36. The third-order valence-corrected chi connectivity index (χ3v) is 3.80. The average molecular weight is 305 g/mol. The van der Waals surface area contributed by atoms with E-state index in [1.807, 2.05) is 26.0 Å². The Kier molecular flexibility index (Phi) is 4.80. The Balaban J connectivity index is 2.18. The molecule has 1 aromatic carbocycles. The largest absolute Gasteiger partial charge is 0.409 e. The Hall–Kier alpha value is -2.08. The maximum Gasteiger partial charge on any atom is 0.170 e. The van der Waals surface area contributed by atoms with Gasteiger partial charge in [-0.05, 0) is 55.3 Å². The fraction of sp³-hybridized carbons (Fsp3) is 0.200. The first-order valence-corrected chi connectivity index (χ1v) is 7.32. The second-order valence-electron chi connectivity index (χ2n) is 4.75. The number of oxime groups is 1. The Bertz CT molecular complexity index is 668. The molecule has 0 unspecified atom stereocenters. The van der Waals surface area contributed by atoms with Gasteiger partial charge in [0.15, 0.2) is 5.84 Å². The standard InChI is InChI=1S/C15H16FN3OS/c1-9-3-10(2)18-14(4-9)21-8-11-5-12(15(17)19-20)7-13(16)6-11/h3-7,20H,8H2,1-2H3,(H2,17,19).